The largest absolute Gasteiger partial charge is 0.359 e. The smallest absolute Gasteiger partial charge is 0.156 e. The van der Waals surface area contributed by atoms with E-state index in [1.54, 1.807) is 12.1 Å². The summed E-state index contributed by atoms with van der Waals surface area (Å²) < 4.78 is 5.16. The minimum absolute atomic E-state index is 0.0394. The van der Waals surface area contributed by atoms with Gasteiger partial charge in [-0.05, 0) is 0 Å². The minimum atomic E-state index is 0.0394. The molecule has 0 aliphatic carbocycles. The first-order valence-electron chi connectivity index (χ1n) is 3.22. The molecule has 56 valence electrons. The van der Waals surface area contributed by atoms with Crippen molar-refractivity contribution in [2.45, 2.75) is 6.23 Å². The van der Waals surface area contributed by atoms with Crippen LogP contribution in [0.2, 0.25) is 0 Å². The average Bonchev–Trinajstić information content (AvgIpc) is 2.30. The zero-order valence-corrected chi connectivity index (χ0v) is 6.32. The molecule has 0 saturated carbocycles. The van der Waals surface area contributed by atoms with Crippen LogP contribution < -0.4 is 0 Å². The van der Waals surface area contributed by atoms with E-state index in [9.17, 15) is 0 Å². The van der Waals surface area contributed by atoms with Crippen LogP contribution in [0.3, 0.4) is 0 Å². The summed E-state index contributed by atoms with van der Waals surface area (Å²) in [7, 11) is 3.56. The first kappa shape index (κ1) is 7.28. The zero-order valence-electron chi connectivity index (χ0n) is 6.32. The van der Waals surface area contributed by atoms with Crippen molar-refractivity contribution in [1.29, 1.82) is 0 Å². The standard InChI is InChI=1S/C7H12N2O/c1-4-6-5-8-9(2)7(6)10-3/h4-7H,1H2,2-3H3. The van der Waals surface area contributed by atoms with Gasteiger partial charge in [-0.3, -0.25) is 5.01 Å². The molecule has 0 aromatic rings. The van der Waals surface area contributed by atoms with E-state index in [4.69, 9.17) is 4.74 Å². The Morgan fingerprint density at radius 1 is 1.80 bits per heavy atom. The fourth-order valence-corrected chi connectivity index (χ4v) is 1.06. The summed E-state index contributed by atoms with van der Waals surface area (Å²) in [6, 6.07) is 0. The molecule has 0 saturated heterocycles. The molecule has 2 atom stereocenters. The van der Waals surface area contributed by atoms with Gasteiger partial charge in [-0.1, -0.05) is 6.08 Å². The number of hydrogen-bond acceptors (Lipinski definition) is 3. The number of hydrogen-bond donors (Lipinski definition) is 0. The van der Waals surface area contributed by atoms with Gasteiger partial charge < -0.3 is 4.74 Å². The lowest BCUT2D eigenvalue weighted by atomic mass is 10.1. The van der Waals surface area contributed by atoms with Crippen LogP contribution in [0.5, 0.6) is 0 Å². The maximum atomic E-state index is 5.16. The molecule has 2 unspecified atom stereocenters. The van der Waals surface area contributed by atoms with Gasteiger partial charge in [-0.25, -0.2) is 0 Å². The summed E-state index contributed by atoms with van der Waals surface area (Å²) in [5.74, 6) is 0.231. The van der Waals surface area contributed by atoms with E-state index in [2.05, 4.69) is 11.7 Å². The Balaban J connectivity index is 2.61. The van der Waals surface area contributed by atoms with Crippen LogP contribution in [0.1, 0.15) is 0 Å². The number of nitrogens with zero attached hydrogens (tertiary/aromatic N) is 2. The summed E-state index contributed by atoms with van der Waals surface area (Å²) in [6.07, 6.45) is 3.71. The van der Waals surface area contributed by atoms with Crippen molar-refractivity contribution in [3.05, 3.63) is 12.7 Å². The molecule has 0 fully saturated rings. The Morgan fingerprint density at radius 2 is 2.50 bits per heavy atom. The molecule has 1 rings (SSSR count). The second kappa shape index (κ2) is 2.84. The Hall–Kier alpha value is -0.830. The fraction of sp³-hybridized carbons (Fsp3) is 0.571. The molecule has 3 nitrogen and oxygen atoms in total. The minimum Gasteiger partial charge on any atom is -0.359 e. The molecule has 10 heavy (non-hydrogen) atoms. The summed E-state index contributed by atoms with van der Waals surface area (Å²) in [5, 5.41) is 5.84. The van der Waals surface area contributed by atoms with Crippen molar-refractivity contribution in [3.8, 4) is 0 Å². The van der Waals surface area contributed by atoms with Crippen LogP contribution in [0.4, 0.5) is 0 Å². The number of ether oxygens (including phenoxy) is 1. The van der Waals surface area contributed by atoms with Crippen molar-refractivity contribution >= 4 is 6.21 Å². The highest BCUT2D eigenvalue weighted by molar-refractivity contribution is 5.65. The molecule has 1 aliphatic heterocycles. The van der Waals surface area contributed by atoms with Gasteiger partial charge in [0.15, 0.2) is 6.23 Å². The predicted molar refractivity (Wildman–Crippen MR) is 40.7 cm³/mol. The van der Waals surface area contributed by atoms with Gasteiger partial charge >= 0.3 is 0 Å². The van der Waals surface area contributed by atoms with E-state index in [-0.39, 0.29) is 12.1 Å². The van der Waals surface area contributed by atoms with Crippen molar-refractivity contribution < 1.29 is 4.74 Å². The van der Waals surface area contributed by atoms with Gasteiger partial charge in [0.05, 0.1) is 5.92 Å². The van der Waals surface area contributed by atoms with Crippen LogP contribution in [0, 0.1) is 5.92 Å². The van der Waals surface area contributed by atoms with Crippen molar-refractivity contribution in [2.75, 3.05) is 14.2 Å². The highest BCUT2D eigenvalue weighted by Gasteiger charge is 2.25. The van der Waals surface area contributed by atoms with Crippen molar-refractivity contribution in [2.24, 2.45) is 11.0 Å². The maximum absolute atomic E-state index is 5.16. The lowest BCUT2D eigenvalue weighted by Gasteiger charge is -2.20. The second-order valence-corrected chi connectivity index (χ2v) is 2.28. The van der Waals surface area contributed by atoms with Crippen LogP contribution in [0.25, 0.3) is 0 Å². The van der Waals surface area contributed by atoms with Crippen molar-refractivity contribution in [3.63, 3.8) is 0 Å². The molecule has 0 radical (unpaired) electrons. The molecule has 0 N–H and O–H groups in total. The quantitative estimate of drug-likeness (QED) is 0.527. The van der Waals surface area contributed by atoms with E-state index in [0.29, 0.717) is 0 Å². The Morgan fingerprint density at radius 3 is 2.90 bits per heavy atom. The molecule has 1 heterocycles. The van der Waals surface area contributed by atoms with Gasteiger partial charge in [-0.15, -0.1) is 6.58 Å². The second-order valence-electron chi connectivity index (χ2n) is 2.28. The molecule has 0 aromatic carbocycles. The third-order valence-corrected chi connectivity index (χ3v) is 1.63. The lowest BCUT2D eigenvalue weighted by Crippen LogP contribution is -2.29. The van der Waals surface area contributed by atoms with Gasteiger partial charge in [-0.2, -0.15) is 5.10 Å². The average molecular weight is 140 g/mol. The van der Waals surface area contributed by atoms with Crippen molar-refractivity contribution in [1.82, 2.24) is 5.01 Å². The van der Waals surface area contributed by atoms with Crippen LogP contribution >= 0.6 is 0 Å². The number of rotatable bonds is 2. The van der Waals surface area contributed by atoms with Crippen LogP contribution in [-0.4, -0.2) is 31.6 Å². The number of methoxy groups -OCH3 is 1. The highest BCUT2D eigenvalue weighted by atomic mass is 16.5. The predicted octanol–water partition coefficient (Wildman–Crippen LogP) is 0.692. The van der Waals surface area contributed by atoms with Gasteiger partial charge in [0.25, 0.3) is 0 Å². The molecule has 0 amide bonds. The van der Waals surface area contributed by atoms with E-state index in [0.717, 1.165) is 0 Å². The molecule has 0 bridgehead atoms. The zero-order chi connectivity index (χ0) is 7.56. The van der Waals surface area contributed by atoms with Gasteiger partial charge in [0.1, 0.15) is 0 Å². The van der Waals surface area contributed by atoms with Gasteiger partial charge in [0, 0.05) is 20.4 Å². The van der Waals surface area contributed by atoms with Gasteiger partial charge in [0.2, 0.25) is 0 Å². The first-order chi connectivity index (χ1) is 4.79. The lowest BCUT2D eigenvalue weighted by molar-refractivity contribution is -0.0151. The molecular formula is C7H12N2O. The topological polar surface area (TPSA) is 24.8 Å². The van der Waals surface area contributed by atoms with Crippen LogP contribution in [0.15, 0.2) is 17.8 Å². The Kier molecular flexibility index (Phi) is 2.06. The number of hydrazone groups is 1. The van der Waals surface area contributed by atoms with E-state index in [1.165, 1.54) is 0 Å². The van der Waals surface area contributed by atoms with E-state index < -0.39 is 0 Å². The summed E-state index contributed by atoms with van der Waals surface area (Å²) in [4.78, 5) is 0. The summed E-state index contributed by atoms with van der Waals surface area (Å²) >= 11 is 0. The first-order valence-corrected chi connectivity index (χ1v) is 3.22. The molecule has 0 spiro atoms. The third kappa shape index (κ3) is 1.04. The summed E-state index contributed by atoms with van der Waals surface area (Å²) in [5.41, 5.74) is 0. The normalized spacial score (nSPS) is 31.2. The highest BCUT2D eigenvalue weighted by Crippen LogP contribution is 2.16. The summed E-state index contributed by atoms with van der Waals surface area (Å²) in [6.45, 7) is 3.68. The monoisotopic (exact) mass is 140 g/mol. The Labute approximate surface area is 61.0 Å². The molecule has 3 heteroatoms. The SMILES string of the molecule is C=CC1C=NN(C)C1OC. The maximum Gasteiger partial charge on any atom is 0.156 e. The Bertz CT molecular complexity index is 156. The molecular weight excluding hydrogens is 128 g/mol. The van der Waals surface area contributed by atoms with E-state index >= 15 is 0 Å². The fourth-order valence-electron chi connectivity index (χ4n) is 1.06. The molecule has 0 aromatic heterocycles. The van der Waals surface area contributed by atoms with E-state index in [1.807, 2.05) is 19.3 Å². The van der Waals surface area contributed by atoms with Crippen LogP contribution in [-0.2, 0) is 4.74 Å². The molecule has 1 aliphatic rings. The third-order valence-electron chi connectivity index (χ3n) is 1.63.